The second-order valence-corrected chi connectivity index (χ2v) is 9.91. The highest BCUT2D eigenvalue weighted by atomic mass is 35.5. The second kappa shape index (κ2) is 12.0. The summed E-state index contributed by atoms with van der Waals surface area (Å²) in [5.41, 5.74) is 2.84. The topological polar surface area (TPSA) is 79.2 Å². The van der Waals surface area contributed by atoms with E-state index in [2.05, 4.69) is 9.80 Å². The Morgan fingerprint density at radius 3 is 2.58 bits per heavy atom. The van der Waals surface area contributed by atoms with E-state index in [9.17, 15) is 14.9 Å². The van der Waals surface area contributed by atoms with E-state index in [1.807, 2.05) is 49.1 Å². The van der Waals surface area contributed by atoms with E-state index in [0.717, 1.165) is 49.2 Å². The van der Waals surface area contributed by atoms with Crippen molar-refractivity contribution < 1.29 is 14.5 Å². The average molecular weight is 515 g/mol. The molecule has 2 aliphatic rings. The van der Waals surface area contributed by atoms with Gasteiger partial charge in [0.25, 0.3) is 5.69 Å². The van der Waals surface area contributed by atoms with Crippen molar-refractivity contribution in [2.24, 2.45) is 5.92 Å². The standard InChI is InChI=1S/C27H35ClN4O4/c1-3-29(4-2)26(33)21-7-5-14-30(19-21)25-13-12-23(32(34)35)17-24(25)27-31(15-6-16-36-27)18-20-8-10-22(28)11-9-20/h8-13,17,21,27H,3-7,14-16,18-19H2,1-2H3/t21-,27+/m1/s1. The summed E-state index contributed by atoms with van der Waals surface area (Å²) in [5.74, 6) is 0.102. The molecule has 2 aliphatic heterocycles. The Balaban J connectivity index is 1.65. The third-order valence-electron chi connectivity index (χ3n) is 7.17. The van der Waals surface area contributed by atoms with Gasteiger partial charge in [0.05, 0.1) is 17.4 Å². The van der Waals surface area contributed by atoms with E-state index in [4.69, 9.17) is 16.3 Å². The molecule has 2 saturated heterocycles. The summed E-state index contributed by atoms with van der Waals surface area (Å²) >= 11 is 6.07. The van der Waals surface area contributed by atoms with Crippen molar-refractivity contribution in [3.63, 3.8) is 0 Å². The highest BCUT2D eigenvalue weighted by Gasteiger charge is 2.33. The van der Waals surface area contributed by atoms with Crippen LogP contribution < -0.4 is 4.90 Å². The lowest BCUT2D eigenvalue weighted by molar-refractivity contribution is -0.385. The van der Waals surface area contributed by atoms with Crippen molar-refractivity contribution in [1.29, 1.82) is 0 Å². The third-order valence-corrected chi connectivity index (χ3v) is 7.42. The monoisotopic (exact) mass is 514 g/mol. The molecule has 0 unspecified atom stereocenters. The van der Waals surface area contributed by atoms with Crippen LogP contribution in [0.3, 0.4) is 0 Å². The van der Waals surface area contributed by atoms with E-state index in [-0.39, 0.29) is 22.4 Å². The number of hydrogen-bond acceptors (Lipinski definition) is 6. The molecule has 2 fully saturated rings. The minimum Gasteiger partial charge on any atom is -0.370 e. The fraction of sp³-hybridized carbons (Fsp3) is 0.519. The molecule has 0 aliphatic carbocycles. The van der Waals surface area contributed by atoms with E-state index in [1.54, 1.807) is 12.1 Å². The van der Waals surface area contributed by atoms with E-state index in [1.165, 1.54) is 0 Å². The van der Waals surface area contributed by atoms with Gasteiger partial charge in [0.15, 0.2) is 0 Å². The van der Waals surface area contributed by atoms with Gasteiger partial charge in [0.1, 0.15) is 6.23 Å². The maximum Gasteiger partial charge on any atom is 0.270 e. The number of nitro benzene ring substituents is 1. The first-order valence-corrected chi connectivity index (χ1v) is 13.2. The molecule has 9 heteroatoms. The first-order chi connectivity index (χ1) is 17.4. The molecule has 2 aromatic rings. The number of anilines is 1. The first kappa shape index (κ1) is 26.4. The van der Waals surface area contributed by atoms with Gasteiger partial charge in [-0.3, -0.25) is 19.8 Å². The Kier molecular flexibility index (Phi) is 8.82. The van der Waals surface area contributed by atoms with Gasteiger partial charge >= 0.3 is 0 Å². The molecule has 0 saturated carbocycles. The average Bonchev–Trinajstić information content (AvgIpc) is 2.90. The van der Waals surface area contributed by atoms with Crippen molar-refractivity contribution in [3.05, 3.63) is 68.7 Å². The maximum atomic E-state index is 13.1. The molecule has 2 atom stereocenters. The van der Waals surface area contributed by atoms with E-state index >= 15 is 0 Å². The fourth-order valence-corrected chi connectivity index (χ4v) is 5.42. The summed E-state index contributed by atoms with van der Waals surface area (Å²) in [4.78, 5) is 30.8. The Bertz CT molecular complexity index is 1060. The summed E-state index contributed by atoms with van der Waals surface area (Å²) in [5, 5.41) is 12.4. The summed E-state index contributed by atoms with van der Waals surface area (Å²) in [7, 11) is 0. The molecule has 36 heavy (non-hydrogen) atoms. The molecule has 2 heterocycles. The van der Waals surface area contributed by atoms with Crippen LogP contribution in [0.4, 0.5) is 11.4 Å². The fourth-order valence-electron chi connectivity index (χ4n) is 5.29. The lowest BCUT2D eigenvalue weighted by atomic mass is 9.94. The van der Waals surface area contributed by atoms with Gasteiger partial charge in [-0.2, -0.15) is 0 Å². The smallest absolute Gasteiger partial charge is 0.270 e. The molecule has 4 rings (SSSR count). The number of rotatable bonds is 8. The molecule has 1 amide bonds. The molecular formula is C27H35ClN4O4. The molecule has 0 radical (unpaired) electrons. The van der Waals surface area contributed by atoms with Gasteiger partial charge < -0.3 is 14.5 Å². The van der Waals surface area contributed by atoms with Crippen molar-refractivity contribution >= 4 is 28.9 Å². The minimum atomic E-state index is -0.414. The summed E-state index contributed by atoms with van der Waals surface area (Å²) in [6.45, 7) is 8.87. The quantitative estimate of drug-likeness (QED) is 0.353. The van der Waals surface area contributed by atoms with E-state index < -0.39 is 6.23 Å². The van der Waals surface area contributed by atoms with Gasteiger partial charge in [-0.25, -0.2) is 0 Å². The Labute approximate surface area is 217 Å². The molecule has 194 valence electrons. The minimum absolute atomic E-state index is 0.0437. The number of carbonyl (C=O) groups is 1. The van der Waals surface area contributed by atoms with Crippen LogP contribution in [-0.4, -0.2) is 60.0 Å². The van der Waals surface area contributed by atoms with Gasteiger partial charge in [-0.15, -0.1) is 0 Å². The van der Waals surface area contributed by atoms with Crippen molar-refractivity contribution in [2.75, 3.05) is 44.2 Å². The van der Waals surface area contributed by atoms with Gasteiger partial charge in [0.2, 0.25) is 5.91 Å². The molecule has 0 N–H and O–H groups in total. The Hall–Kier alpha value is -2.68. The van der Waals surface area contributed by atoms with Crippen LogP contribution in [0, 0.1) is 16.0 Å². The predicted octanol–water partition coefficient (Wildman–Crippen LogP) is 5.25. The molecule has 2 aromatic carbocycles. The molecular weight excluding hydrogens is 480 g/mol. The van der Waals surface area contributed by atoms with Gasteiger partial charge in [0, 0.05) is 67.7 Å². The Morgan fingerprint density at radius 1 is 1.14 bits per heavy atom. The summed E-state index contributed by atoms with van der Waals surface area (Å²) < 4.78 is 6.26. The van der Waals surface area contributed by atoms with Gasteiger partial charge in [-0.1, -0.05) is 23.7 Å². The van der Waals surface area contributed by atoms with Crippen LogP contribution in [0.1, 0.15) is 50.5 Å². The maximum absolute atomic E-state index is 13.1. The lowest BCUT2D eigenvalue weighted by Crippen LogP contribution is -2.45. The molecule has 0 aromatic heterocycles. The number of nitro groups is 1. The van der Waals surface area contributed by atoms with Crippen molar-refractivity contribution in [1.82, 2.24) is 9.80 Å². The zero-order valence-corrected chi connectivity index (χ0v) is 21.8. The number of ether oxygens (including phenoxy) is 1. The van der Waals surface area contributed by atoms with Crippen LogP contribution in [0.15, 0.2) is 42.5 Å². The van der Waals surface area contributed by atoms with Gasteiger partial charge in [-0.05, 0) is 56.9 Å². The first-order valence-electron chi connectivity index (χ1n) is 12.8. The lowest BCUT2D eigenvalue weighted by Gasteiger charge is -2.40. The Morgan fingerprint density at radius 2 is 1.89 bits per heavy atom. The van der Waals surface area contributed by atoms with Crippen molar-refractivity contribution in [2.45, 2.75) is 45.9 Å². The zero-order chi connectivity index (χ0) is 25.7. The van der Waals surface area contributed by atoms with Crippen LogP contribution in [-0.2, 0) is 16.1 Å². The number of halogens is 1. The van der Waals surface area contributed by atoms with Crippen LogP contribution in [0.5, 0.6) is 0 Å². The highest BCUT2D eigenvalue weighted by molar-refractivity contribution is 6.30. The number of piperidine rings is 1. The predicted molar refractivity (Wildman–Crippen MR) is 141 cm³/mol. The highest BCUT2D eigenvalue weighted by Crippen LogP contribution is 2.38. The van der Waals surface area contributed by atoms with Crippen molar-refractivity contribution in [3.8, 4) is 0 Å². The van der Waals surface area contributed by atoms with Crippen LogP contribution in [0.25, 0.3) is 0 Å². The number of nitrogens with zero attached hydrogens (tertiary/aromatic N) is 4. The zero-order valence-electron chi connectivity index (χ0n) is 21.1. The molecule has 0 bridgehead atoms. The van der Waals surface area contributed by atoms with E-state index in [0.29, 0.717) is 37.8 Å². The SMILES string of the molecule is CCN(CC)C(=O)[C@@H]1CCCN(c2ccc([N+](=O)[O-])cc2[C@@H]2OCCCN2Cc2ccc(Cl)cc2)C1. The second-order valence-electron chi connectivity index (χ2n) is 9.47. The summed E-state index contributed by atoms with van der Waals surface area (Å²) in [6, 6.07) is 12.8. The largest absolute Gasteiger partial charge is 0.370 e. The number of benzene rings is 2. The summed E-state index contributed by atoms with van der Waals surface area (Å²) in [6.07, 6.45) is 2.23. The number of amides is 1. The third kappa shape index (κ3) is 5.99. The number of hydrogen-bond donors (Lipinski definition) is 0. The number of carbonyl (C=O) groups excluding carboxylic acids is 1. The molecule has 0 spiro atoms. The molecule has 8 nitrogen and oxygen atoms in total. The van der Waals surface area contributed by atoms with Crippen LogP contribution >= 0.6 is 11.6 Å². The number of non-ortho nitro benzene ring substituents is 1. The van der Waals surface area contributed by atoms with Crippen LogP contribution in [0.2, 0.25) is 5.02 Å². The normalized spacial score (nSPS) is 20.8.